The number of aryl methyl sites for hydroxylation is 1. The van der Waals surface area contributed by atoms with E-state index < -0.39 is 17.2 Å². The molecule has 2 aromatic rings. The molecule has 6 heteroatoms. The predicted octanol–water partition coefficient (Wildman–Crippen LogP) is 2.51. The van der Waals surface area contributed by atoms with Gasteiger partial charge >= 0.3 is 0 Å². The zero-order valence-electron chi connectivity index (χ0n) is 11.6. The van der Waals surface area contributed by atoms with Crippen LogP contribution in [0.1, 0.15) is 35.3 Å². The molecule has 0 bridgehead atoms. The number of hydrogen-bond acceptors (Lipinski definition) is 2. The van der Waals surface area contributed by atoms with Crippen LogP contribution in [0.5, 0.6) is 0 Å². The zero-order chi connectivity index (χ0) is 15.0. The van der Waals surface area contributed by atoms with Gasteiger partial charge < -0.3 is 5.32 Å². The fourth-order valence-electron chi connectivity index (χ4n) is 2.75. The topological polar surface area (TPSA) is 46.9 Å². The summed E-state index contributed by atoms with van der Waals surface area (Å²) < 4.78 is 28.5. The van der Waals surface area contributed by atoms with E-state index in [0.29, 0.717) is 24.1 Å². The number of carbonyl (C=O) groups excluding carboxylic acids is 1. The molecule has 0 spiro atoms. The molecular formula is C15H15F2N3O. The van der Waals surface area contributed by atoms with Gasteiger partial charge in [0.25, 0.3) is 5.91 Å². The highest BCUT2D eigenvalue weighted by Crippen LogP contribution is 2.42. The van der Waals surface area contributed by atoms with Crippen LogP contribution in [0.15, 0.2) is 30.5 Å². The SMILES string of the molecule is Cn1nccc1C(=O)NC1(c2ccc(F)cc2F)CCC1. The highest BCUT2D eigenvalue weighted by atomic mass is 19.1. The second-order valence-electron chi connectivity index (χ2n) is 5.35. The quantitative estimate of drug-likeness (QED) is 0.944. The van der Waals surface area contributed by atoms with Crippen molar-refractivity contribution in [2.45, 2.75) is 24.8 Å². The Morgan fingerprint density at radius 2 is 2.10 bits per heavy atom. The van der Waals surface area contributed by atoms with Crippen LogP contribution in [0, 0.1) is 11.6 Å². The summed E-state index contributed by atoms with van der Waals surface area (Å²) in [5.41, 5.74) is -0.00598. The second kappa shape index (κ2) is 4.95. The summed E-state index contributed by atoms with van der Waals surface area (Å²) in [7, 11) is 1.67. The highest BCUT2D eigenvalue weighted by molar-refractivity contribution is 5.93. The van der Waals surface area contributed by atoms with Gasteiger partial charge in [-0.15, -0.1) is 0 Å². The maximum Gasteiger partial charge on any atom is 0.270 e. The number of halogens is 2. The fourth-order valence-corrected chi connectivity index (χ4v) is 2.75. The van der Waals surface area contributed by atoms with Crippen LogP contribution >= 0.6 is 0 Å². The van der Waals surface area contributed by atoms with Crippen molar-refractivity contribution in [3.8, 4) is 0 Å². The van der Waals surface area contributed by atoms with Crippen molar-refractivity contribution < 1.29 is 13.6 Å². The maximum absolute atomic E-state index is 14.0. The molecule has 1 amide bonds. The number of aromatic nitrogens is 2. The molecule has 1 fully saturated rings. The zero-order valence-corrected chi connectivity index (χ0v) is 11.6. The Balaban J connectivity index is 1.91. The summed E-state index contributed by atoms with van der Waals surface area (Å²) >= 11 is 0. The molecule has 0 unspecified atom stereocenters. The number of nitrogens with one attached hydrogen (secondary N) is 1. The molecular weight excluding hydrogens is 276 g/mol. The standard InChI is InChI=1S/C15H15F2N3O/c1-20-13(5-8-18-20)14(21)19-15(6-2-7-15)11-4-3-10(16)9-12(11)17/h3-5,8-9H,2,6-7H2,1H3,(H,19,21). The fraction of sp³-hybridized carbons (Fsp3) is 0.333. The Morgan fingerprint density at radius 3 is 2.62 bits per heavy atom. The Hall–Kier alpha value is -2.24. The van der Waals surface area contributed by atoms with Gasteiger partial charge in [0, 0.05) is 24.9 Å². The molecule has 1 aliphatic rings. The average Bonchev–Trinajstić information content (AvgIpc) is 2.81. The molecule has 4 nitrogen and oxygen atoms in total. The van der Waals surface area contributed by atoms with Crippen molar-refractivity contribution in [1.29, 1.82) is 0 Å². The van der Waals surface area contributed by atoms with Gasteiger partial charge in [0.1, 0.15) is 17.3 Å². The lowest BCUT2D eigenvalue weighted by molar-refractivity contribution is 0.0808. The largest absolute Gasteiger partial charge is 0.341 e. The van der Waals surface area contributed by atoms with Gasteiger partial charge in [0.15, 0.2) is 0 Å². The first-order chi connectivity index (χ1) is 10.0. The van der Waals surface area contributed by atoms with Gasteiger partial charge in [0.2, 0.25) is 0 Å². The molecule has 1 saturated carbocycles. The van der Waals surface area contributed by atoms with Gasteiger partial charge in [-0.1, -0.05) is 6.07 Å². The normalized spacial score (nSPS) is 16.3. The minimum absolute atomic E-state index is 0.307. The molecule has 0 aliphatic heterocycles. The predicted molar refractivity (Wildman–Crippen MR) is 72.6 cm³/mol. The van der Waals surface area contributed by atoms with E-state index in [0.717, 1.165) is 12.5 Å². The molecule has 1 aliphatic carbocycles. The number of hydrogen-bond donors (Lipinski definition) is 1. The number of amides is 1. The van der Waals surface area contributed by atoms with Gasteiger partial charge in [-0.2, -0.15) is 5.10 Å². The van der Waals surface area contributed by atoms with Crippen LogP contribution in [-0.2, 0) is 12.6 Å². The van der Waals surface area contributed by atoms with Crippen molar-refractivity contribution in [2.24, 2.45) is 7.05 Å². The Morgan fingerprint density at radius 1 is 1.33 bits per heavy atom. The van der Waals surface area contributed by atoms with Crippen molar-refractivity contribution in [3.63, 3.8) is 0 Å². The van der Waals surface area contributed by atoms with E-state index in [1.54, 1.807) is 13.1 Å². The molecule has 21 heavy (non-hydrogen) atoms. The van der Waals surface area contributed by atoms with Crippen molar-refractivity contribution in [3.05, 3.63) is 53.4 Å². The molecule has 110 valence electrons. The van der Waals surface area contributed by atoms with Gasteiger partial charge in [-0.05, 0) is 31.4 Å². The molecule has 0 atom stereocenters. The van der Waals surface area contributed by atoms with E-state index in [1.165, 1.54) is 23.0 Å². The molecule has 1 heterocycles. The van der Waals surface area contributed by atoms with Crippen LogP contribution in [0.25, 0.3) is 0 Å². The molecule has 1 N–H and O–H groups in total. The third kappa shape index (κ3) is 2.30. The Bertz CT molecular complexity index is 692. The lowest BCUT2D eigenvalue weighted by Gasteiger charge is -2.43. The summed E-state index contributed by atoms with van der Waals surface area (Å²) in [4.78, 5) is 12.3. The minimum atomic E-state index is -0.751. The number of rotatable bonds is 3. The average molecular weight is 291 g/mol. The summed E-state index contributed by atoms with van der Waals surface area (Å²) in [6.45, 7) is 0. The number of carbonyl (C=O) groups is 1. The van der Waals surface area contributed by atoms with Crippen LogP contribution in [0.2, 0.25) is 0 Å². The van der Waals surface area contributed by atoms with E-state index in [4.69, 9.17) is 0 Å². The summed E-state index contributed by atoms with van der Waals surface area (Å²) in [6, 6.07) is 5.08. The van der Waals surface area contributed by atoms with Crippen LogP contribution in [0.4, 0.5) is 8.78 Å². The third-order valence-corrected chi connectivity index (χ3v) is 4.06. The lowest BCUT2D eigenvalue weighted by Crippen LogP contribution is -2.51. The molecule has 0 radical (unpaired) electrons. The number of nitrogens with zero attached hydrogens (tertiary/aromatic N) is 2. The van der Waals surface area contributed by atoms with Crippen LogP contribution < -0.4 is 5.32 Å². The van der Waals surface area contributed by atoms with Gasteiger partial charge in [-0.3, -0.25) is 9.48 Å². The summed E-state index contributed by atoms with van der Waals surface area (Å²) in [5.74, 6) is -1.55. The third-order valence-electron chi connectivity index (χ3n) is 4.06. The van der Waals surface area contributed by atoms with Crippen molar-refractivity contribution in [2.75, 3.05) is 0 Å². The van der Waals surface area contributed by atoms with Crippen LogP contribution in [-0.4, -0.2) is 15.7 Å². The highest BCUT2D eigenvalue weighted by Gasteiger charge is 2.42. The van der Waals surface area contributed by atoms with E-state index in [1.807, 2.05) is 0 Å². The van der Waals surface area contributed by atoms with Crippen molar-refractivity contribution >= 4 is 5.91 Å². The second-order valence-corrected chi connectivity index (χ2v) is 5.35. The molecule has 0 saturated heterocycles. The first-order valence-electron chi connectivity index (χ1n) is 6.78. The van der Waals surface area contributed by atoms with Gasteiger partial charge in [-0.25, -0.2) is 8.78 Å². The molecule has 3 rings (SSSR count). The van der Waals surface area contributed by atoms with Crippen molar-refractivity contribution in [1.82, 2.24) is 15.1 Å². The lowest BCUT2D eigenvalue weighted by atomic mass is 9.71. The first-order valence-corrected chi connectivity index (χ1v) is 6.78. The van der Waals surface area contributed by atoms with Gasteiger partial charge in [0.05, 0.1) is 5.54 Å². The number of benzene rings is 1. The Kier molecular flexibility index (Phi) is 3.23. The van der Waals surface area contributed by atoms with E-state index in [-0.39, 0.29) is 5.91 Å². The molecule has 1 aromatic carbocycles. The van der Waals surface area contributed by atoms with E-state index in [2.05, 4.69) is 10.4 Å². The van der Waals surface area contributed by atoms with E-state index >= 15 is 0 Å². The summed E-state index contributed by atoms with van der Waals surface area (Å²) in [5, 5.41) is 6.83. The monoisotopic (exact) mass is 291 g/mol. The smallest absolute Gasteiger partial charge is 0.270 e. The minimum Gasteiger partial charge on any atom is -0.341 e. The Labute approximate surface area is 120 Å². The molecule has 1 aromatic heterocycles. The van der Waals surface area contributed by atoms with E-state index in [9.17, 15) is 13.6 Å². The van der Waals surface area contributed by atoms with Crippen LogP contribution in [0.3, 0.4) is 0 Å². The first kappa shape index (κ1) is 13.7. The summed E-state index contributed by atoms with van der Waals surface area (Å²) in [6.07, 6.45) is 3.70. The maximum atomic E-state index is 14.0.